The Kier molecular flexibility index (Phi) is 16.7. The molecule has 0 spiro atoms. The Morgan fingerprint density at radius 1 is 0.836 bits per heavy atom. The van der Waals surface area contributed by atoms with Gasteiger partial charge in [-0.1, -0.05) is 112 Å². The molecule has 1 N–H and O–H groups in total. The van der Waals surface area contributed by atoms with Gasteiger partial charge in [-0.3, -0.25) is 28.9 Å². The Hall–Kier alpha value is -5.92. The van der Waals surface area contributed by atoms with Crippen LogP contribution in [0.4, 0.5) is 5.13 Å². The molecule has 0 saturated carbocycles. The molecule has 12 nitrogen and oxygen atoms in total. The quantitative estimate of drug-likeness (QED) is 0.0919. The summed E-state index contributed by atoms with van der Waals surface area (Å²) in [5.41, 5.74) is 3.10. The number of amides is 5. The predicted molar refractivity (Wildman–Crippen MR) is 239 cm³/mol. The molecule has 13 heteroatoms. The number of imide groups is 2. The minimum absolute atomic E-state index is 0.0304. The van der Waals surface area contributed by atoms with Gasteiger partial charge < -0.3 is 14.7 Å². The van der Waals surface area contributed by atoms with E-state index in [9.17, 15) is 24.3 Å². The molecular weight excluding hydrogens is 791 g/mol. The lowest BCUT2D eigenvalue weighted by molar-refractivity contribution is -0.154. The Bertz CT molecular complexity index is 2220. The van der Waals surface area contributed by atoms with Crippen LogP contribution in [0.25, 0.3) is 17.3 Å². The van der Waals surface area contributed by atoms with Crippen molar-refractivity contribution in [2.75, 3.05) is 31.6 Å². The average molecular weight is 848 g/mol. The second-order valence-corrected chi connectivity index (χ2v) is 15.9. The van der Waals surface area contributed by atoms with E-state index in [1.165, 1.54) is 25.2 Å². The molecule has 0 atom stereocenters. The second kappa shape index (κ2) is 22.1. The molecule has 0 fully saturated rings. The van der Waals surface area contributed by atoms with Crippen molar-refractivity contribution in [2.24, 2.45) is 0 Å². The molecule has 0 bridgehead atoms. The number of ether oxygens (including phenoxy) is 1. The highest BCUT2D eigenvalue weighted by Crippen LogP contribution is 2.43. The van der Waals surface area contributed by atoms with Gasteiger partial charge in [0.05, 0.1) is 37.4 Å². The van der Waals surface area contributed by atoms with E-state index in [1.807, 2.05) is 37.3 Å². The Labute approximate surface area is 363 Å². The van der Waals surface area contributed by atoms with Gasteiger partial charge in [0.1, 0.15) is 5.75 Å². The summed E-state index contributed by atoms with van der Waals surface area (Å²) in [5, 5.41) is 13.1. The first-order valence-corrected chi connectivity index (χ1v) is 21.9. The zero-order valence-electron chi connectivity index (χ0n) is 36.1. The van der Waals surface area contributed by atoms with Gasteiger partial charge >= 0.3 is 0 Å². The highest BCUT2D eigenvalue weighted by molar-refractivity contribution is 7.17. The van der Waals surface area contributed by atoms with Gasteiger partial charge in [-0.15, -0.1) is 0 Å². The number of unbranched alkanes of at least 4 members (excludes halogenated alkanes) is 3. The molecule has 0 saturated heterocycles. The van der Waals surface area contributed by atoms with Crippen LogP contribution in [-0.4, -0.2) is 81.3 Å². The van der Waals surface area contributed by atoms with Crippen LogP contribution >= 0.6 is 11.3 Å². The van der Waals surface area contributed by atoms with E-state index in [-0.39, 0.29) is 29.9 Å². The van der Waals surface area contributed by atoms with Crippen molar-refractivity contribution in [3.63, 3.8) is 0 Å². The number of hydrogen-bond donors (Lipinski definition) is 1. The lowest BCUT2D eigenvalue weighted by atomic mass is 9.89. The number of methoxy groups -OCH3 is 1. The number of thiazole rings is 1. The minimum Gasteiger partial charge on any atom is -0.496 e. The number of hydrogen-bond acceptors (Lipinski definition) is 10. The average Bonchev–Trinajstić information content (AvgIpc) is 3.69. The number of benzene rings is 3. The fourth-order valence-corrected chi connectivity index (χ4v) is 8.35. The molecule has 5 amide bonds. The summed E-state index contributed by atoms with van der Waals surface area (Å²) < 4.78 is 5.84. The van der Waals surface area contributed by atoms with Crippen molar-refractivity contribution >= 4 is 52.1 Å². The SMILES string of the molecule is CCCCC1=C(C(=O)N(Cc2ccccc2)C(C)=O)CN(N(C(C)=O)C(=O)c2ccccc2)C(=O)/C1=C\c1sc(N(CCCC)CCCC)nc1-c1c(CO)cccc1OC. The minimum atomic E-state index is -0.748. The zero-order valence-corrected chi connectivity index (χ0v) is 36.9. The summed E-state index contributed by atoms with van der Waals surface area (Å²) in [7, 11) is 1.54. The largest absolute Gasteiger partial charge is 0.496 e. The number of nitrogens with zero attached hydrogens (tertiary/aromatic N) is 5. The van der Waals surface area contributed by atoms with Crippen LogP contribution in [0, 0.1) is 0 Å². The summed E-state index contributed by atoms with van der Waals surface area (Å²) in [6.45, 7) is 9.50. The van der Waals surface area contributed by atoms with Gasteiger partial charge in [0.2, 0.25) is 11.8 Å². The van der Waals surface area contributed by atoms with E-state index < -0.39 is 36.1 Å². The van der Waals surface area contributed by atoms with Crippen molar-refractivity contribution in [2.45, 2.75) is 92.7 Å². The van der Waals surface area contributed by atoms with Crippen LogP contribution in [0.1, 0.15) is 106 Å². The Morgan fingerprint density at radius 2 is 1.48 bits per heavy atom. The van der Waals surface area contributed by atoms with Crippen molar-refractivity contribution in [3.8, 4) is 17.0 Å². The number of carbonyl (C=O) groups is 5. The number of aliphatic hydroxyl groups is 1. The van der Waals surface area contributed by atoms with E-state index >= 15 is 4.79 Å². The van der Waals surface area contributed by atoms with Crippen molar-refractivity contribution in [1.29, 1.82) is 0 Å². The molecule has 0 unspecified atom stereocenters. The number of hydrazine groups is 1. The predicted octanol–water partition coefficient (Wildman–Crippen LogP) is 8.61. The van der Waals surface area contributed by atoms with Crippen molar-refractivity contribution < 1.29 is 33.8 Å². The molecule has 0 radical (unpaired) electrons. The first-order chi connectivity index (χ1) is 29.5. The van der Waals surface area contributed by atoms with E-state index in [0.717, 1.165) is 65.7 Å². The molecule has 5 rings (SSSR count). The van der Waals surface area contributed by atoms with Crippen molar-refractivity contribution in [1.82, 2.24) is 19.9 Å². The van der Waals surface area contributed by atoms with Crippen LogP contribution in [-0.2, 0) is 32.3 Å². The third-order valence-electron chi connectivity index (χ3n) is 10.6. The lowest BCUT2D eigenvalue weighted by Crippen LogP contribution is -2.56. The number of anilines is 1. The summed E-state index contributed by atoms with van der Waals surface area (Å²) in [6.07, 6.45) is 7.12. The zero-order chi connectivity index (χ0) is 44.1. The van der Waals surface area contributed by atoms with E-state index in [1.54, 1.807) is 61.7 Å². The third-order valence-corrected chi connectivity index (χ3v) is 11.6. The van der Waals surface area contributed by atoms with Crippen LogP contribution in [0.15, 0.2) is 95.6 Å². The smallest absolute Gasteiger partial charge is 0.279 e. The van der Waals surface area contributed by atoms with Crippen LogP contribution < -0.4 is 9.64 Å². The first-order valence-electron chi connectivity index (χ1n) is 21.0. The summed E-state index contributed by atoms with van der Waals surface area (Å²) in [4.78, 5) is 80.6. The van der Waals surface area contributed by atoms with Gasteiger partial charge in [0.15, 0.2) is 5.13 Å². The summed E-state index contributed by atoms with van der Waals surface area (Å²) in [6, 6.07) is 22.7. The molecule has 61 heavy (non-hydrogen) atoms. The van der Waals surface area contributed by atoms with Gasteiger partial charge in [-0.25, -0.2) is 9.99 Å². The van der Waals surface area contributed by atoms with Crippen molar-refractivity contribution in [3.05, 3.63) is 117 Å². The first kappa shape index (κ1) is 46.2. The van der Waals surface area contributed by atoms with Gasteiger partial charge in [-0.2, -0.15) is 5.01 Å². The molecule has 3 aromatic carbocycles. The standard InChI is InChI=1S/C48H57N5O7S/c1-7-10-25-38-39(29-42-44(43-37(32-54)24-19-26-41(43)60-6)49-48(61-42)50(27-11-8-2)28-12-9-3)47(59)52(53(34(5)56)45(57)36-22-17-14-18-23-36)31-40(38)46(58)51(33(4)55)30-35-20-15-13-16-21-35/h13-24,26,29,54H,7-12,25,27-28,30-32H2,1-6H3/b39-29-. The van der Waals surface area contributed by atoms with Crippen LogP contribution in [0.5, 0.6) is 5.75 Å². The molecule has 1 aliphatic heterocycles. The summed E-state index contributed by atoms with van der Waals surface area (Å²) in [5.74, 6) is -2.82. The molecule has 4 aromatic rings. The highest BCUT2D eigenvalue weighted by Gasteiger charge is 2.41. The fraction of sp³-hybridized carbons (Fsp3) is 0.375. The van der Waals surface area contributed by atoms with Gasteiger partial charge in [0.25, 0.3) is 17.7 Å². The highest BCUT2D eigenvalue weighted by atomic mass is 32.1. The van der Waals surface area contributed by atoms with Crippen LogP contribution in [0.2, 0.25) is 0 Å². The van der Waals surface area contributed by atoms with E-state index in [4.69, 9.17) is 9.72 Å². The number of aliphatic hydroxyl groups excluding tert-OH is 1. The monoisotopic (exact) mass is 847 g/mol. The molecule has 2 heterocycles. The van der Waals surface area contributed by atoms with Gasteiger partial charge in [0, 0.05) is 49.2 Å². The number of carbonyl (C=O) groups excluding carboxylic acids is 5. The van der Waals surface area contributed by atoms with Gasteiger partial charge in [-0.05, 0) is 66.7 Å². The Balaban J connectivity index is 1.84. The Morgan fingerprint density at radius 3 is 2.05 bits per heavy atom. The molecule has 1 aromatic heterocycles. The fourth-order valence-electron chi connectivity index (χ4n) is 7.29. The second-order valence-electron chi connectivity index (χ2n) is 14.9. The van der Waals surface area contributed by atoms with Crippen LogP contribution in [0.3, 0.4) is 0 Å². The number of aromatic nitrogens is 1. The summed E-state index contributed by atoms with van der Waals surface area (Å²) >= 11 is 1.38. The molecular formula is C48H57N5O7S. The number of rotatable bonds is 19. The topological polar surface area (TPSA) is 141 Å². The maximum Gasteiger partial charge on any atom is 0.279 e. The third kappa shape index (κ3) is 10.9. The molecule has 0 aliphatic carbocycles. The molecule has 1 aliphatic rings. The maximum absolute atomic E-state index is 15.3. The normalized spacial score (nSPS) is 13.4. The molecule has 322 valence electrons. The lowest BCUT2D eigenvalue weighted by Gasteiger charge is -2.38. The van der Waals surface area contributed by atoms with E-state index in [2.05, 4.69) is 18.7 Å². The van der Waals surface area contributed by atoms with E-state index in [0.29, 0.717) is 51.0 Å². The maximum atomic E-state index is 15.3.